The van der Waals surface area contributed by atoms with Crippen molar-refractivity contribution in [1.82, 2.24) is 15.2 Å². The molecular formula is C15H24N4O3S. The van der Waals surface area contributed by atoms with Crippen LogP contribution in [0.1, 0.15) is 12.5 Å². The molecule has 0 saturated carbocycles. The Kier molecular flexibility index (Phi) is 5.46. The number of rotatable bonds is 3. The van der Waals surface area contributed by atoms with Crippen molar-refractivity contribution < 1.29 is 13.2 Å². The monoisotopic (exact) mass is 340 g/mol. The summed E-state index contributed by atoms with van der Waals surface area (Å²) < 4.78 is 23.6. The van der Waals surface area contributed by atoms with E-state index >= 15 is 0 Å². The summed E-state index contributed by atoms with van der Waals surface area (Å²) in [4.78, 5) is 20.1. The Morgan fingerprint density at radius 1 is 1.48 bits per heavy atom. The van der Waals surface area contributed by atoms with Gasteiger partial charge in [-0.25, -0.2) is 18.2 Å². The number of carbonyl (C=O) groups is 1. The summed E-state index contributed by atoms with van der Waals surface area (Å²) in [6, 6.07) is 3.51. The molecule has 2 heterocycles. The lowest BCUT2D eigenvalue weighted by Crippen LogP contribution is -2.42. The van der Waals surface area contributed by atoms with E-state index in [0.29, 0.717) is 13.1 Å². The molecule has 0 spiro atoms. The van der Waals surface area contributed by atoms with E-state index in [1.807, 2.05) is 38.1 Å². The molecule has 1 aliphatic heterocycles. The highest BCUT2D eigenvalue weighted by atomic mass is 32.2. The number of sulfone groups is 1. The van der Waals surface area contributed by atoms with E-state index in [0.717, 1.165) is 11.4 Å². The third-order valence-electron chi connectivity index (χ3n) is 3.75. The SMILES string of the molecule is C[C@H]1CN(C(=O)NCc2cccnc2N(C)C)CCS(=O)(=O)C1. The van der Waals surface area contributed by atoms with Crippen molar-refractivity contribution in [3.05, 3.63) is 23.9 Å². The van der Waals surface area contributed by atoms with Crippen LogP contribution in [-0.4, -0.2) is 63.0 Å². The second-order valence-electron chi connectivity index (χ2n) is 6.20. The van der Waals surface area contributed by atoms with E-state index in [9.17, 15) is 13.2 Å². The van der Waals surface area contributed by atoms with Crippen molar-refractivity contribution in [2.75, 3.05) is 43.6 Å². The lowest BCUT2D eigenvalue weighted by atomic mass is 10.2. The van der Waals surface area contributed by atoms with Crippen LogP contribution in [0.25, 0.3) is 0 Å². The maximum absolute atomic E-state index is 12.3. The van der Waals surface area contributed by atoms with E-state index < -0.39 is 9.84 Å². The molecule has 2 amide bonds. The van der Waals surface area contributed by atoms with Crippen molar-refractivity contribution >= 4 is 21.7 Å². The molecule has 1 fully saturated rings. The fraction of sp³-hybridized carbons (Fsp3) is 0.600. The van der Waals surface area contributed by atoms with Crippen LogP contribution in [0.15, 0.2) is 18.3 Å². The summed E-state index contributed by atoms with van der Waals surface area (Å²) in [7, 11) is 0.737. The zero-order chi connectivity index (χ0) is 17.0. The first-order valence-corrected chi connectivity index (χ1v) is 9.45. The van der Waals surface area contributed by atoms with E-state index in [2.05, 4.69) is 10.3 Å². The van der Waals surface area contributed by atoms with E-state index in [1.165, 1.54) is 0 Å². The van der Waals surface area contributed by atoms with Gasteiger partial charge in [-0.15, -0.1) is 0 Å². The van der Waals surface area contributed by atoms with E-state index in [-0.39, 0.29) is 30.0 Å². The van der Waals surface area contributed by atoms with E-state index in [1.54, 1.807) is 11.1 Å². The summed E-state index contributed by atoms with van der Waals surface area (Å²) in [5.74, 6) is 0.925. The minimum atomic E-state index is -3.06. The first-order chi connectivity index (χ1) is 10.8. The van der Waals surface area contributed by atoms with Gasteiger partial charge >= 0.3 is 6.03 Å². The van der Waals surface area contributed by atoms with Crippen LogP contribution >= 0.6 is 0 Å². The van der Waals surface area contributed by atoms with Gasteiger partial charge in [0.15, 0.2) is 9.84 Å². The highest BCUT2D eigenvalue weighted by molar-refractivity contribution is 7.91. The Balaban J connectivity index is 2.00. The maximum atomic E-state index is 12.3. The Bertz CT molecular complexity index is 660. The quantitative estimate of drug-likeness (QED) is 0.877. The molecule has 1 saturated heterocycles. The molecule has 1 aromatic rings. The third-order valence-corrected chi connectivity index (χ3v) is 5.63. The van der Waals surface area contributed by atoms with Crippen LogP contribution in [0.4, 0.5) is 10.6 Å². The van der Waals surface area contributed by atoms with Crippen molar-refractivity contribution in [1.29, 1.82) is 0 Å². The van der Waals surface area contributed by atoms with Gasteiger partial charge in [0.05, 0.1) is 11.5 Å². The van der Waals surface area contributed by atoms with Gasteiger partial charge in [0.1, 0.15) is 5.82 Å². The van der Waals surface area contributed by atoms with Crippen LogP contribution in [-0.2, 0) is 16.4 Å². The zero-order valence-corrected chi connectivity index (χ0v) is 14.6. The minimum Gasteiger partial charge on any atom is -0.362 e. The van der Waals surface area contributed by atoms with Gasteiger partial charge in [0.2, 0.25) is 0 Å². The number of hydrogen-bond donors (Lipinski definition) is 1. The lowest BCUT2D eigenvalue weighted by Gasteiger charge is -2.23. The number of aromatic nitrogens is 1. The molecule has 23 heavy (non-hydrogen) atoms. The van der Waals surface area contributed by atoms with Gasteiger partial charge in [-0.1, -0.05) is 13.0 Å². The molecule has 128 valence electrons. The predicted octanol–water partition coefficient (Wildman–Crippen LogP) is 0.724. The molecule has 2 rings (SSSR count). The molecule has 0 aliphatic carbocycles. The van der Waals surface area contributed by atoms with Gasteiger partial charge in [0.25, 0.3) is 0 Å². The second-order valence-corrected chi connectivity index (χ2v) is 8.43. The van der Waals surface area contributed by atoms with Gasteiger partial charge < -0.3 is 15.1 Å². The summed E-state index contributed by atoms with van der Waals surface area (Å²) in [6.45, 7) is 2.91. The molecule has 1 N–H and O–H groups in total. The number of nitrogens with one attached hydrogen (secondary N) is 1. The molecule has 1 aromatic heterocycles. The number of nitrogens with zero attached hydrogens (tertiary/aromatic N) is 3. The van der Waals surface area contributed by atoms with Crippen molar-refractivity contribution in [2.24, 2.45) is 5.92 Å². The molecule has 0 unspecified atom stereocenters. The summed E-state index contributed by atoms with van der Waals surface area (Å²) in [6.07, 6.45) is 1.71. The standard InChI is InChI=1S/C15H24N4O3S/c1-12-10-19(7-8-23(21,22)11-12)15(20)17-9-13-5-4-6-16-14(13)18(2)3/h4-6,12H,7-11H2,1-3H3,(H,17,20)/t12-/m0/s1. The first kappa shape index (κ1) is 17.5. The third kappa shape index (κ3) is 4.82. The summed E-state index contributed by atoms with van der Waals surface area (Å²) >= 11 is 0. The number of pyridine rings is 1. The number of hydrogen-bond acceptors (Lipinski definition) is 5. The van der Waals surface area contributed by atoms with Gasteiger partial charge in [-0.05, 0) is 12.0 Å². The Morgan fingerprint density at radius 3 is 2.91 bits per heavy atom. The molecular weight excluding hydrogens is 316 g/mol. The van der Waals surface area contributed by atoms with Crippen LogP contribution in [0.3, 0.4) is 0 Å². The van der Waals surface area contributed by atoms with Crippen molar-refractivity contribution in [3.63, 3.8) is 0 Å². The van der Waals surface area contributed by atoms with Crippen LogP contribution in [0.5, 0.6) is 0 Å². The molecule has 1 atom stereocenters. The Morgan fingerprint density at radius 2 is 2.22 bits per heavy atom. The molecule has 1 aliphatic rings. The Labute approximate surface area is 137 Å². The number of urea groups is 1. The topological polar surface area (TPSA) is 82.6 Å². The molecule has 0 radical (unpaired) electrons. The highest BCUT2D eigenvalue weighted by Gasteiger charge is 2.26. The first-order valence-electron chi connectivity index (χ1n) is 7.63. The highest BCUT2D eigenvalue weighted by Crippen LogP contribution is 2.15. The second kappa shape index (κ2) is 7.16. The van der Waals surface area contributed by atoms with Gasteiger partial charge in [-0.2, -0.15) is 0 Å². The van der Waals surface area contributed by atoms with E-state index in [4.69, 9.17) is 0 Å². The Hall–Kier alpha value is -1.83. The normalized spacial score (nSPS) is 20.7. The molecule has 0 aromatic carbocycles. The lowest BCUT2D eigenvalue weighted by molar-refractivity contribution is 0.195. The van der Waals surface area contributed by atoms with Gasteiger partial charge in [-0.3, -0.25) is 0 Å². The molecule has 8 heteroatoms. The molecule has 0 bridgehead atoms. The molecule has 7 nitrogen and oxygen atoms in total. The fourth-order valence-electron chi connectivity index (χ4n) is 2.72. The predicted molar refractivity (Wildman–Crippen MR) is 90.2 cm³/mol. The van der Waals surface area contributed by atoms with Crippen LogP contribution < -0.4 is 10.2 Å². The number of anilines is 1. The van der Waals surface area contributed by atoms with Crippen molar-refractivity contribution in [3.8, 4) is 0 Å². The zero-order valence-electron chi connectivity index (χ0n) is 13.8. The minimum absolute atomic E-state index is 0.0284. The van der Waals surface area contributed by atoms with Crippen LogP contribution in [0, 0.1) is 5.92 Å². The average molecular weight is 340 g/mol. The summed E-state index contributed by atoms with van der Waals surface area (Å²) in [5.41, 5.74) is 0.918. The largest absolute Gasteiger partial charge is 0.362 e. The number of carbonyl (C=O) groups excluding carboxylic acids is 1. The maximum Gasteiger partial charge on any atom is 0.317 e. The average Bonchev–Trinajstić information content (AvgIpc) is 2.62. The smallest absolute Gasteiger partial charge is 0.317 e. The van der Waals surface area contributed by atoms with Gasteiger partial charge in [0, 0.05) is 45.5 Å². The number of amides is 2. The van der Waals surface area contributed by atoms with Crippen molar-refractivity contribution in [2.45, 2.75) is 13.5 Å². The summed E-state index contributed by atoms with van der Waals surface area (Å²) in [5, 5.41) is 2.87. The fourth-order valence-corrected chi connectivity index (χ4v) is 4.36. The van der Waals surface area contributed by atoms with Crippen LogP contribution in [0.2, 0.25) is 0 Å².